The number of methoxy groups -OCH3 is 1. The van der Waals surface area contributed by atoms with E-state index in [-0.39, 0.29) is 11.9 Å². The van der Waals surface area contributed by atoms with E-state index in [2.05, 4.69) is 5.32 Å². The largest absolute Gasteiger partial charge is 0.369 e. The van der Waals surface area contributed by atoms with Crippen molar-refractivity contribution < 1.29 is 9.53 Å². The summed E-state index contributed by atoms with van der Waals surface area (Å²) in [4.78, 5) is 11.4. The highest BCUT2D eigenvalue weighted by Crippen LogP contribution is 2.06. The number of hydrogen-bond donors (Lipinski definition) is 2. The minimum Gasteiger partial charge on any atom is -0.369 e. The van der Waals surface area contributed by atoms with Crippen LogP contribution in [0, 0.1) is 0 Å². The van der Waals surface area contributed by atoms with Crippen LogP contribution in [0.5, 0.6) is 0 Å². The van der Waals surface area contributed by atoms with Gasteiger partial charge < -0.3 is 15.8 Å². The fraction of sp³-hybridized carbons (Fsp3) is 0.889. The van der Waals surface area contributed by atoms with E-state index in [9.17, 15) is 4.79 Å². The van der Waals surface area contributed by atoms with Crippen molar-refractivity contribution >= 4 is 5.91 Å². The molecule has 4 heteroatoms. The predicted octanol–water partition coefficient (Wildman–Crippen LogP) is 0.265. The summed E-state index contributed by atoms with van der Waals surface area (Å²) in [6.07, 6.45) is 0.783. The SMILES string of the molecule is COC(C)(C)C(=O)NCCC(C)N. The number of rotatable bonds is 5. The lowest BCUT2D eigenvalue weighted by Crippen LogP contribution is -2.44. The van der Waals surface area contributed by atoms with Gasteiger partial charge in [-0.25, -0.2) is 0 Å². The third kappa shape index (κ3) is 4.85. The first-order valence-corrected chi connectivity index (χ1v) is 4.49. The molecule has 1 amide bonds. The summed E-state index contributed by atoms with van der Waals surface area (Å²) in [6.45, 7) is 5.97. The summed E-state index contributed by atoms with van der Waals surface area (Å²) < 4.78 is 5.01. The molecule has 0 saturated heterocycles. The zero-order chi connectivity index (χ0) is 10.5. The van der Waals surface area contributed by atoms with Gasteiger partial charge >= 0.3 is 0 Å². The summed E-state index contributed by atoms with van der Waals surface area (Å²) >= 11 is 0. The molecule has 1 unspecified atom stereocenters. The maximum Gasteiger partial charge on any atom is 0.251 e. The molecule has 0 spiro atoms. The van der Waals surface area contributed by atoms with Gasteiger partial charge in [-0.05, 0) is 27.2 Å². The first kappa shape index (κ1) is 12.4. The van der Waals surface area contributed by atoms with Crippen LogP contribution in [0.25, 0.3) is 0 Å². The standard InChI is InChI=1S/C9H20N2O2/c1-7(10)5-6-11-8(12)9(2,3)13-4/h7H,5-6,10H2,1-4H3,(H,11,12). The second kappa shape index (κ2) is 5.19. The lowest BCUT2D eigenvalue weighted by atomic mass is 10.1. The molecule has 3 N–H and O–H groups in total. The summed E-state index contributed by atoms with van der Waals surface area (Å²) in [5, 5.41) is 2.76. The maximum absolute atomic E-state index is 11.4. The van der Waals surface area contributed by atoms with Crippen LogP contribution in [0.4, 0.5) is 0 Å². The van der Waals surface area contributed by atoms with E-state index in [0.29, 0.717) is 6.54 Å². The van der Waals surface area contributed by atoms with Crippen LogP contribution >= 0.6 is 0 Å². The molecule has 0 aliphatic rings. The molecule has 4 nitrogen and oxygen atoms in total. The van der Waals surface area contributed by atoms with Gasteiger partial charge in [-0.15, -0.1) is 0 Å². The Labute approximate surface area is 79.8 Å². The summed E-state index contributed by atoms with van der Waals surface area (Å²) in [5.74, 6) is -0.101. The zero-order valence-corrected chi connectivity index (χ0v) is 8.89. The van der Waals surface area contributed by atoms with Crippen molar-refractivity contribution in [3.63, 3.8) is 0 Å². The second-order valence-electron chi connectivity index (χ2n) is 3.74. The lowest BCUT2D eigenvalue weighted by molar-refractivity contribution is -0.139. The maximum atomic E-state index is 11.4. The molecule has 1 atom stereocenters. The van der Waals surface area contributed by atoms with Crippen LogP contribution in [-0.4, -0.2) is 31.2 Å². The Morgan fingerprint density at radius 1 is 1.62 bits per heavy atom. The molecule has 0 aromatic carbocycles. The summed E-state index contributed by atoms with van der Waals surface area (Å²) in [7, 11) is 1.52. The van der Waals surface area contributed by atoms with Crippen molar-refractivity contribution in [3.8, 4) is 0 Å². The van der Waals surface area contributed by atoms with E-state index in [0.717, 1.165) is 6.42 Å². The Morgan fingerprint density at radius 2 is 2.15 bits per heavy atom. The highest BCUT2D eigenvalue weighted by molar-refractivity contribution is 5.84. The molecule has 0 saturated carbocycles. The minimum atomic E-state index is -0.752. The van der Waals surface area contributed by atoms with Crippen molar-refractivity contribution in [3.05, 3.63) is 0 Å². The number of carbonyl (C=O) groups excluding carboxylic acids is 1. The van der Waals surface area contributed by atoms with Crippen LogP contribution in [0.15, 0.2) is 0 Å². The monoisotopic (exact) mass is 188 g/mol. The summed E-state index contributed by atoms with van der Waals surface area (Å²) in [6, 6.07) is 0.117. The van der Waals surface area contributed by atoms with Crippen LogP contribution < -0.4 is 11.1 Å². The van der Waals surface area contributed by atoms with Crippen LogP contribution in [0.1, 0.15) is 27.2 Å². The van der Waals surface area contributed by atoms with Crippen molar-refractivity contribution in [2.75, 3.05) is 13.7 Å². The van der Waals surface area contributed by atoms with Gasteiger partial charge in [-0.2, -0.15) is 0 Å². The van der Waals surface area contributed by atoms with Gasteiger partial charge in [0.2, 0.25) is 0 Å². The first-order valence-electron chi connectivity index (χ1n) is 4.49. The second-order valence-corrected chi connectivity index (χ2v) is 3.74. The van der Waals surface area contributed by atoms with Crippen molar-refractivity contribution in [1.82, 2.24) is 5.32 Å². The van der Waals surface area contributed by atoms with Gasteiger partial charge in [-0.3, -0.25) is 4.79 Å². The third-order valence-electron chi connectivity index (χ3n) is 1.94. The molecule has 0 fully saturated rings. The molecule has 78 valence electrons. The number of ether oxygens (including phenoxy) is 1. The Hall–Kier alpha value is -0.610. The van der Waals surface area contributed by atoms with Crippen LogP contribution in [-0.2, 0) is 9.53 Å². The van der Waals surface area contributed by atoms with Gasteiger partial charge in [0.05, 0.1) is 0 Å². The van der Waals surface area contributed by atoms with Gasteiger partial charge in [0.15, 0.2) is 0 Å². The molecular formula is C9H20N2O2. The Kier molecular flexibility index (Phi) is 4.95. The molecule has 0 aromatic heterocycles. The van der Waals surface area contributed by atoms with Gasteiger partial charge in [0.25, 0.3) is 5.91 Å². The zero-order valence-electron chi connectivity index (χ0n) is 8.89. The van der Waals surface area contributed by atoms with Gasteiger partial charge in [0.1, 0.15) is 5.60 Å². The van der Waals surface area contributed by atoms with Gasteiger partial charge in [-0.1, -0.05) is 0 Å². The van der Waals surface area contributed by atoms with Crippen LogP contribution in [0.2, 0.25) is 0 Å². The molecule has 0 radical (unpaired) electrons. The lowest BCUT2D eigenvalue weighted by Gasteiger charge is -2.21. The van der Waals surface area contributed by atoms with E-state index in [1.165, 1.54) is 7.11 Å². The Bertz CT molecular complexity index is 167. The normalized spacial score (nSPS) is 13.9. The molecular weight excluding hydrogens is 168 g/mol. The van der Waals surface area contributed by atoms with E-state index >= 15 is 0 Å². The minimum absolute atomic E-state index is 0.101. The number of hydrogen-bond acceptors (Lipinski definition) is 3. The first-order chi connectivity index (χ1) is 5.90. The van der Waals surface area contributed by atoms with E-state index in [1.54, 1.807) is 13.8 Å². The van der Waals surface area contributed by atoms with E-state index in [4.69, 9.17) is 10.5 Å². The molecule has 0 heterocycles. The fourth-order valence-corrected chi connectivity index (χ4v) is 0.719. The van der Waals surface area contributed by atoms with E-state index in [1.807, 2.05) is 6.92 Å². The summed E-state index contributed by atoms with van der Waals surface area (Å²) in [5.41, 5.74) is 4.79. The average molecular weight is 188 g/mol. The highest BCUT2D eigenvalue weighted by atomic mass is 16.5. The molecule has 0 rings (SSSR count). The number of nitrogens with two attached hydrogens (primary N) is 1. The van der Waals surface area contributed by atoms with Crippen molar-refractivity contribution in [2.24, 2.45) is 5.73 Å². The topological polar surface area (TPSA) is 64.3 Å². The number of nitrogens with one attached hydrogen (secondary N) is 1. The predicted molar refractivity (Wildman–Crippen MR) is 52.4 cm³/mol. The van der Waals surface area contributed by atoms with E-state index < -0.39 is 5.60 Å². The number of amides is 1. The third-order valence-corrected chi connectivity index (χ3v) is 1.94. The molecule has 0 aromatic rings. The quantitative estimate of drug-likeness (QED) is 0.650. The molecule has 0 aliphatic heterocycles. The van der Waals surface area contributed by atoms with Crippen molar-refractivity contribution in [1.29, 1.82) is 0 Å². The molecule has 13 heavy (non-hydrogen) atoms. The average Bonchev–Trinajstić information content (AvgIpc) is 2.03. The molecule has 0 bridgehead atoms. The number of carbonyl (C=O) groups is 1. The Balaban J connectivity index is 3.75. The molecule has 0 aliphatic carbocycles. The smallest absolute Gasteiger partial charge is 0.251 e. The Morgan fingerprint density at radius 3 is 2.54 bits per heavy atom. The fourth-order valence-electron chi connectivity index (χ4n) is 0.719. The van der Waals surface area contributed by atoms with Crippen molar-refractivity contribution in [2.45, 2.75) is 38.8 Å². The highest BCUT2D eigenvalue weighted by Gasteiger charge is 2.26. The van der Waals surface area contributed by atoms with Crippen LogP contribution in [0.3, 0.4) is 0 Å². The van der Waals surface area contributed by atoms with Gasteiger partial charge in [0, 0.05) is 19.7 Å².